The lowest BCUT2D eigenvalue weighted by molar-refractivity contribution is -0.177. The fourth-order valence-corrected chi connectivity index (χ4v) is 2.99. The number of rotatable bonds is 4. The number of alkyl halides is 2. The van der Waals surface area contributed by atoms with Gasteiger partial charge < -0.3 is 19.5 Å². The molecule has 1 spiro atoms. The maximum atomic E-state index is 12.2. The van der Waals surface area contributed by atoms with Gasteiger partial charge in [0.05, 0.1) is 13.2 Å². The minimum Gasteiger partial charge on any atom is -0.435 e. The number of benzene rings is 1. The van der Waals surface area contributed by atoms with Gasteiger partial charge in [-0.1, -0.05) is 6.07 Å². The van der Waals surface area contributed by atoms with Crippen LogP contribution < -0.4 is 10.1 Å². The van der Waals surface area contributed by atoms with Crippen LogP contribution in [0.3, 0.4) is 0 Å². The van der Waals surface area contributed by atoms with E-state index in [1.165, 1.54) is 6.07 Å². The van der Waals surface area contributed by atoms with E-state index in [1.807, 2.05) is 6.07 Å². The maximum Gasteiger partial charge on any atom is 0.387 e. The molecular weight excluding hydrogens is 280 g/mol. The molecule has 1 saturated carbocycles. The Balaban J connectivity index is 1.55. The summed E-state index contributed by atoms with van der Waals surface area (Å²) < 4.78 is 40.2. The van der Waals surface area contributed by atoms with E-state index in [9.17, 15) is 8.78 Å². The van der Waals surface area contributed by atoms with Gasteiger partial charge in [-0.05, 0) is 25.0 Å². The van der Waals surface area contributed by atoms with Crippen molar-refractivity contribution in [3.05, 3.63) is 24.3 Å². The molecule has 1 aliphatic heterocycles. The molecule has 0 unspecified atom stereocenters. The maximum absolute atomic E-state index is 12.2. The zero-order valence-electron chi connectivity index (χ0n) is 11.7. The average Bonchev–Trinajstić information content (AvgIpc) is 2.90. The standard InChI is InChI=1S/C15H19F2NO3/c16-14(17)21-13-3-1-2-12(10-13)18-11-4-6-15(7-5-11)19-8-9-20-15/h1-3,10-11,14,18H,4-9H2. The zero-order valence-corrected chi connectivity index (χ0v) is 11.7. The Labute approximate surface area is 122 Å². The second-order valence-electron chi connectivity index (χ2n) is 5.43. The first kappa shape index (κ1) is 14.5. The molecule has 1 saturated heterocycles. The highest BCUT2D eigenvalue weighted by molar-refractivity contribution is 5.48. The largest absolute Gasteiger partial charge is 0.435 e. The second-order valence-corrected chi connectivity index (χ2v) is 5.43. The molecule has 1 N–H and O–H groups in total. The van der Waals surface area contributed by atoms with E-state index in [0.717, 1.165) is 31.4 Å². The Bertz CT molecular complexity index is 468. The van der Waals surface area contributed by atoms with Crippen LogP contribution in [-0.2, 0) is 9.47 Å². The molecule has 1 aromatic carbocycles. The molecule has 0 radical (unpaired) electrons. The van der Waals surface area contributed by atoms with Crippen molar-refractivity contribution in [3.63, 3.8) is 0 Å². The van der Waals surface area contributed by atoms with Gasteiger partial charge in [-0.3, -0.25) is 0 Å². The molecule has 3 rings (SSSR count). The lowest BCUT2D eigenvalue weighted by Gasteiger charge is -2.36. The van der Waals surface area contributed by atoms with Crippen LogP contribution in [0.2, 0.25) is 0 Å². The van der Waals surface area contributed by atoms with Gasteiger partial charge in [-0.15, -0.1) is 0 Å². The minimum absolute atomic E-state index is 0.171. The van der Waals surface area contributed by atoms with Crippen LogP contribution in [0.25, 0.3) is 0 Å². The van der Waals surface area contributed by atoms with Crippen LogP contribution in [0, 0.1) is 0 Å². The van der Waals surface area contributed by atoms with Crippen molar-refractivity contribution in [2.24, 2.45) is 0 Å². The van der Waals surface area contributed by atoms with E-state index in [1.54, 1.807) is 12.1 Å². The molecule has 116 valence electrons. The predicted octanol–water partition coefficient (Wildman–Crippen LogP) is 3.39. The Morgan fingerprint density at radius 1 is 1.19 bits per heavy atom. The molecule has 0 bridgehead atoms. The quantitative estimate of drug-likeness (QED) is 0.925. The van der Waals surface area contributed by atoms with Crippen molar-refractivity contribution in [1.82, 2.24) is 0 Å². The third-order valence-corrected chi connectivity index (χ3v) is 3.99. The van der Waals surface area contributed by atoms with Crippen LogP contribution in [0.1, 0.15) is 25.7 Å². The summed E-state index contributed by atoms with van der Waals surface area (Å²) in [5, 5.41) is 3.36. The van der Waals surface area contributed by atoms with E-state index in [0.29, 0.717) is 19.3 Å². The number of hydrogen-bond acceptors (Lipinski definition) is 4. The monoisotopic (exact) mass is 299 g/mol. The van der Waals surface area contributed by atoms with Crippen molar-refractivity contribution in [3.8, 4) is 5.75 Å². The van der Waals surface area contributed by atoms with Crippen molar-refractivity contribution >= 4 is 5.69 Å². The average molecular weight is 299 g/mol. The molecule has 6 heteroatoms. The molecule has 1 aliphatic carbocycles. The fraction of sp³-hybridized carbons (Fsp3) is 0.600. The third-order valence-electron chi connectivity index (χ3n) is 3.99. The topological polar surface area (TPSA) is 39.7 Å². The Kier molecular flexibility index (Phi) is 4.26. The van der Waals surface area contributed by atoms with Gasteiger partial charge in [-0.25, -0.2) is 0 Å². The summed E-state index contributed by atoms with van der Waals surface area (Å²) in [6.45, 7) is -1.46. The van der Waals surface area contributed by atoms with E-state index in [-0.39, 0.29) is 11.5 Å². The Morgan fingerprint density at radius 3 is 2.57 bits per heavy atom. The van der Waals surface area contributed by atoms with E-state index < -0.39 is 6.61 Å². The van der Waals surface area contributed by atoms with Crippen LogP contribution in [-0.4, -0.2) is 31.7 Å². The smallest absolute Gasteiger partial charge is 0.387 e. The van der Waals surface area contributed by atoms with Crippen LogP contribution in [0.15, 0.2) is 24.3 Å². The number of ether oxygens (including phenoxy) is 3. The summed E-state index contributed by atoms with van der Waals surface area (Å²) in [5.41, 5.74) is 0.794. The Hall–Kier alpha value is -1.40. The van der Waals surface area contributed by atoms with Crippen molar-refractivity contribution in [2.45, 2.75) is 44.1 Å². The third kappa shape index (κ3) is 3.63. The molecule has 0 aromatic heterocycles. The molecule has 0 atom stereocenters. The van der Waals surface area contributed by atoms with Gasteiger partial charge in [-0.2, -0.15) is 8.78 Å². The molecule has 4 nitrogen and oxygen atoms in total. The first-order valence-electron chi connectivity index (χ1n) is 7.25. The van der Waals surface area contributed by atoms with E-state index in [2.05, 4.69) is 10.1 Å². The summed E-state index contributed by atoms with van der Waals surface area (Å²) in [6.07, 6.45) is 3.58. The lowest BCUT2D eigenvalue weighted by atomic mass is 9.90. The summed E-state index contributed by atoms with van der Waals surface area (Å²) in [7, 11) is 0. The fourth-order valence-electron chi connectivity index (χ4n) is 2.99. The van der Waals surface area contributed by atoms with Gasteiger partial charge in [0.15, 0.2) is 5.79 Å². The molecule has 2 fully saturated rings. The summed E-state index contributed by atoms with van der Waals surface area (Å²) >= 11 is 0. The summed E-state index contributed by atoms with van der Waals surface area (Å²) in [6, 6.07) is 6.97. The highest BCUT2D eigenvalue weighted by atomic mass is 19.3. The normalized spacial score (nSPS) is 21.9. The minimum atomic E-state index is -2.80. The van der Waals surface area contributed by atoms with Gasteiger partial charge >= 0.3 is 6.61 Å². The SMILES string of the molecule is FC(F)Oc1cccc(NC2CCC3(CC2)OCCO3)c1. The number of halogens is 2. The molecular formula is C15H19F2NO3. The Morgan fingerprint density at radius 2 is 1.90 bits per heavy atom. The lowest BCUT2D eigenvalue weighted by Crippen LogP contribution is -2.39. The summed E-state index contributed by atoms with van der Waals surface area (Å²) in [4.78, 5) is 0. The molecule has 21 heavy (non-hydrogen) atoms. The van der Waals surface area contributed by atoms with Gasteiger partial charge in [0, 0.05) is 30.6 Å². The van der Waals surface area contributed by atoms with Crippen molar-refractivity contribution in [2.75, 3.05) is 18.5 Å². The second kappa shape index (κ2) is 6.15. The molecule has 1 heterocycles. The van der Waals surface area contributed by atoms with Gasteiger partial charge in [0.25, 0.3) is 0 Å². The molecule has 1 aromatic rings. The first-order valence-corrected chi connectivity index (χ1v) is 7.25. The van der Waals surface area contributed by atoms with Gasteiger partial charge in [0.2, 0.25) is 0 Å². The predicted molar refractivity (Wildman–Crippen MR) is 73.6 cm³/mol. The van der Waals surface area contributed by atoms with Crippen LogP contribution >= 0.6 is 0 Å². The number of hydrogen-bond donors (Lipinski definition) is 1. The van der Waals surface area contributed by atoms with E-state index >= 15 is 0 Å². The highest BCUT2D eigenvalue weighted by Crippen LogP contribution is 2.36. The first-order chi connectivity index (χ1) is 10.2. The zero-order chi connectivity index (χ0) is 14.7. The molecule has 0 amide bonds. The van der Waals surface area contributed by atoms with E-state index in [4.69, 9.17) is 9.47 Å². The number of nitrogens with one attached hydrogen (secondary N) is 1. The van der Waals surface area contributed by atoms with Gasteiger partial charge in [0.1, 0.15) is 5.75 Å². The summed E-state index contributed by atoms with van der Waals surface area (Å²) in [5.74, 6) is -0.205. The van der Waals surface area contributed by atoms with Crippen LogP contribution in [0.5, 0.6) is 5.75 Å². The number of anilines is 1. The molecule has 2 aliphatic rings. The van der Waals surface area contributed by atoms with Crippen molar-refractivity contribution < 1.29 is 23.0 Å². The highest BCUT2D eigenvalue weighted by Gasteiger charge is 2.40. The van der Waals surface area contributed by atoms with Crippen molar-refractivity contribution in [1.29, 1.82) is 0 Å². The van der Waals surface area contributed by atoms with Crippen LogP contribution in [0.4, 0.5) is 14.5 Å².